The second kappa shape index (κ2) is 6.97. The van der Waals surface area contributed by atoms with E-state index in [0.717, 1.165) is 6.92 Å². The highest BCUT2D eigenvalue weighted by atomic mass is 19.4. The van der Waals surface area contributed by atoms with E-state index < -0.39 is 59.3 Å². The molecular weight excluding hydrogens is 509 g/mol. The molecule has 0 aromatic carbocycles. The van der Waals surface area contributed by atoms with Crippen LogP contribution in [0.4, 0.5) is 74.6 Å². The van der Waals surface area contributed by atoms with E-state index >= 15 is 0 Å². The van der Waals surface area contributed by atoms with E-state index in [4.69, 9.17) is 0 Å². The van der Waals surface area contributed by atoms with Gasteiger partial charge in [-0.25, -0.2) is 4.57 Å². The van der Waals surface area contributed by atoms with Crippen LogP contribution in [0.3, 0.4) is 0 Å². The van der Waals surface area contributed by atoms with E-state index in [1.165, 1.54) is 5.10 Å². The second-order valence-electron chi connectivity index (χ2n) is 6.21. The lowest BCUT2D eigenvalue weighted by Gasteiger charge is -2.42. The summed E-state index contributed by atoms with van der Waals surface area (Å²) in [6.07, 6.45) is -7.78. The molecule has 0 radical (unpaired) electrons. The number of hydrogen-bond donors (Lipinski definition) is 1. The van der Waals surface area contributed by atoms with Crippen molar-refractivity contribution in [3.8, 4) is 0 Å². The average molecular weight is 516 g/mol. The molecule has 0 amide bonds. The number of nitrogens with one attached hydrogen (secondary N) is 1. The highest BCUT2D eigenvalue weighted by Crippen LogP contribution is 2.64. The van der Waals surface area contributed by atoms with Gasteiger partial charge in [0.05, 0.1) is 7.05 Å². The molecule has 20 heteroatoms. The molecule has 0 aliphatic carbocycles. The van der Waals surface area contributed by atoms with Crippen LogP contribution in [0.15, 0.2) is 0 Å². The normalized spacial score (nSPS) is 16.0. The molecule has 0 fully saturated rings. The van der Waals surface area contributed by atoms with Gasteiger partial charge in [0.1, 0.15) is 0 Å². The van der Waals surface area contributed by atoms with Crippen molar-refractivity contribution in [3.05, 3.63) is 11.6 Å². The number of nitrogens with zero attached hydrogens (tertiary/aromatic N) is 2. The van der Waals surface area contributed by atoms with Crippen LogP contribution in [0.2, 0.25) is 0 Å². The Bertz CT molecular complexity index is 849. The largest absolute Gasteiger partial charge is 0.460 e. The molecule has 1 N–H and O–H groups in total. The van der Waals surface area contributed by atoms with Crippen LogP contribution in [0.1, 0.15) is 11.6 Å². The molecule has 0 unspecified atom stereocenters. The molecule has 0 atom stereocenters. The number of alkyl halides is 17. The van der Waals surface area contributed by atoms with Crippen LogP contribution in [0.5, 0.6) is 0 Å². The fraction of sp³-hybridized carbons (Fsp3) is 0.833. The Morgan fingerprint density at radius 2 is 0.875 bits per heavy atom. The zero-order valence-electron chi connectivity index (χ0n) is 14.8. The van der Waals surface area contributed by atoms with Crippen molar-refractivity contribution in [3.63, 3.8) is 0 Å². The summed E-state index contributed by atoms with van der Waals surface area (Å²) in [4.78, 5) is 0. The predicted octanol–water partition coefficient (Wildman–Crippen LogP) is 5.01. The lowest BCUT2D eigenvalue weighted by Crippen LogP contribution is -2.74. The molecule has 1 heterocycles. The molecule has 0 aliphatic rings. The number of H-pyrrole nitrogens is 1. The molecule has 0 spiro atoms. The fourth-order valence-corrected chi connectivity index (χ4v) is 2.03. The van der Waals surface area contributed by atoms with Crippen molar-refractivity contribution in [2.75, 3.05) is 0 Å². The Hall–Kier alpha value is -2.05. The van der Waals surface area contributed by atoms with Crippen LogP contribution in [-0.4, -0.2) is 51.9 Å². The van der Waals surface area contributed by atoms with Crippen LogP contribution in [0.25, 0.3) is 0 Å². The van der Waals surface area contributed by atoms with E-state index in [1.807, 2.05) is 0 Å². The van der Waals surface area contributed by atoms with Gasteiger partial charge in [-0.3, -0.25) is 0 Å². The van der Waals surface area contributed by atoms with Gasteiger partial charge < -0.3 is 0 Å². The van der Waals surface area contributed by atoms with E-state index in [2.05, 4.69) is 5.10 Å². The van der Waals surface area contributed by atoms with Crippen molar-refractivity contribution < 1.29 is 79.2 Å². The summed E-state index contributed by atoms with van der Waals surface area (Å²) in [7, 11) is 0.390. The smallest absolute Gasteiger partial charge is 0.230 e. The molecule has 0 saturated carbocycles. The average Bonchev–Trinajstić information content (AvgIpc) is 2.92. The van der Waals surface area contributed by atoms with E-state index in [1.54, 1.807) is 0 Å². The van der Waals surface area contributed by atoms with Crippen molar-refractivity contribution in [1.29, 1.82) is 0 Å². The lowest BCUT2D eigenvalue weighted by molar-refractivity contribution is -0.697. The first-order valence-electron chi connectivity index (χ1n) is 7.30. The maximum absolute atomic E-state index is 13.9. The van der Waals surface area contributed by atoms with Gasteiger partial charge in [0.2, 0.25) is 5.82 Å². The number of rotatable bonds is 7. The summed E-state index contributed by atoms with van der Waals surface area (Å²) in [5.41, 5.74) is 0. The highest BCUT2D eigenvalue weighted by Gasteiger charge is 2.95. The summed E-state index contributed by atoms with van der Waals surface area (Å²) in [5.74, 6) is -60.0. The molecule has 32 heavy (non-hydrogen) atoms. The van der Waals surface area contributed by atoms with Gasteiger partial charge in [-0.1, -0.05) is 0 Å². The minimum absolute atomic E-state index is 0.188. The third kappa shape index (κ3) is 3.18. The topological polar surface area (TPSA) is 32.6 Å². The van der Waals surface area contributed by atoms with Gasteiger partial charge in [-0.15, -0.1) is 5.10 Å². The summed E-state index contributed by atoms with van der Waals surface area (Å²) in [5, 5.41) is 3.83. The molecule has 0 aliphatic heterocycles. The molecule has 1 rings (SSSR count). The van der Waals surface area contributed by atoms with E-state index in [-0.39, 0.29) is 4.57 Å². The van der Waals surface area contributed by atoms with Crippen molar-refractivity contribution >= 4 is 0 Å². The number of hydrogen-bond acceptors (Lipinski definition) is 1. The minimum atomic E-state index is -8.65. The van der Waals surface area contributed by atoms with Crippen molar-refractivity contribution in [1.82, 2.24) is 10.2 Å². The van der Waals surface area contributed by atoms with Crippen molar-refractivity contribution in [2.45, 2.75) is 54.6 Å². The molecule has 188 valence electrons. The first-order valence-corrected chi connectivity index (χ1v) is 7.30. The predicted molar refractivity (Wildman–Crippen MR) is 64.1 cm³/mol. The van der Waals surface area contributed by atoms with Crippen LogP contribution >= 0.6 is 0 Å². The first-order chi connectivity index (χ1) is 13.7. The third-order valence-electron chi connectivity index (χ3n) is 4.15. The third-order valence-corrected chi connectivity index (χ3v) is 4.15. The summed E-state index contributed by atoms with van der Waals surface area (Å²) < 4.78 is 224. The van der Waals surface area contributed by atoms with Gasteiger partial charge in [-0.05, 0) is 0 Å². The lowest BCUT2D eigenvalue weighted by atomic mass is 9.89. The maximum Gasteiger partial charge on any atom is 0.460 e. The molecule has 3 nitrogen and oxygen atoms in total. The minimum Gasteiger partial charge on any atom is -0.230 e. The Kier molecular flexibility index (Phi) is 6.10. The quantitative estimate of drug-likeness (QED) is 0.402. The monoisotopic (exact) mass is 516 g/mol. The Morgan fingerprint density at radius 3 is 1.16 bits per heavy atom. The van der Waals surface area contributed by atoms with E-state index in [0.29, 0.717) is 7.05 Å². The van der Waals surface area contributed by atoms with Crippen LogP contribution in [-0.2, 0) is 13.0 Å². The van der Waals surface area contributed by atoms with Gasteiger partial charge in [0.25, 0.3) is 0 Å². The standard InChI is InChI=1S/C12H6F17N3/c1-3-30-31-4(32(3)2)5(13,14)6(15,16)7(17,18)8(19,20)9(21,22)10(23,24)11(25,26)12(27,28)29/h1-2H3/p+1. The zero-order chi connectivity index (χ0) is 26.1. The van der Waals surface area contributed by atoms with Gasteiger partial charge >= 0.3 is 53.5 Å². The number of aryl methyl sites for hydroxylation is 1. The molecule has 1 aromatic heterocycles. The van der Waals surface area contributed by atoms with Crippen LogP contribution < -0.4 is 4.57 Å². The second-order valence-corrected chi connectivity index (χ2v) is 6.21. The molecular formula is C12H7F17N3+. The molecule has 0 saturated heterocycles. The van der Waals surface area contributed by atoms with Crippen molar-refractivity contribution in [2.24, 2.45) is 7.05 Å². The molecule has 0 bridgehead atoms. The Morgan fingerprint density at radius 1 is 0.562 bits per heavy atom. The first kappa shape index (κ1) is 28.0. The van der Waals surface area contributed by atoms with Crippen LogP contribution in [0, 0.1) is 6.92 Å². The summed E-state index contributed by atoms with van der Waals surface area (Å²) >= 11 is 0. The Balaban J connectivity index is 3.74. The number of halogens is 17. The number of aromatic amines is 1. The van der Waals surface area contributed by atoms with E-state index in [9.17, 15) is 74.6 Å². The SMILES string of the molecule is Cc1[nH]nc(C(F)(F)C(F)(F)C(F)(F)C(F)(F)C(F)(F)C(F)(F)C(F)(F)C(F)(F)F)[n+]1C. The fourth-order valence-electron chi connectivity index (χ4n) is 2.03. The number of aromatic nitrogens is 3. The summed E-state index contributed by atoms with van der Waals surface area (Å²) in [6.45, 7) is 0.769. The van der Waals surface area contributed by atoms with Gasteiger partial charge in [0, 0.05) is 12.0 Å². The van der Waals surface area contributed by atoms with Gasteiger partial charge in [-0.2, -0.15) is 74.6 Å². The molecule has 1 aromatic rings. The highest BCUT2D eigenvalue weighted by molar-refractivity contribution is 5.16. The van der Waals surface area contributed by atoms with Gasteiger partial charge in [0.15, 0.2) is 0 Å². The summed E-state index contributed by atoms with van der Waals surface area (Å²) in [6, 6.07) is 0. The zero-order valence-corrected chi connectivity index (χ0v) is 14.8. The maximum atomic E-state index is 13.9. The Labute approximate surface area is 164 Å².